The first-order valence-electron chi connectivity index (χ1n) is 13.2. The Morgan fingerprint density at radius 3 is 1.35 bits per heavy atom. The highest BCUT2D eigenvalue weighted by Crippen LogP contribution is 2.73. The van der Waals surface area contributed by atoms with Crippen molar-refractivity contribution in [3.05, 3.63) is 144 Å². The molecule has 1 aliphatic rings. The lowest BCUT2D eigenvalue weighted by molar-refractivity contribution is -0.0204. The quantitative estimate of drug-likeness (QED) is 0.243. The molecule has 4 aromatic carbocycles. The summed E-state index contributed by atoms with van der Waals surface area (Å²) in [6.07, 6.45) is 1.97. The molecule has 0 heterocycles. The molecule has 0 bridgehead atoms. The molecule has 4 aromatic rings. The Morgan fingerprint density at radius 1 is 0.649 bits per heavy atom. The zero-order chi connectivity index (χ0) is 26.2. The van der Waals surface area contributed by atoms with E-state index in [1.807, 2.05) is 0 Å². The fourth-order valence-electron chi connectivity index (χ4n) is 7.27. The van der Waals surface area contributed by atoms with E-state index in [0.29, 0.717) is 0 Å². The highest BCUT2D eigenvalue weighted by molar-refractivity contribution is 7.19. The Balaban J connectivity index is 1.85. The summed E-state index contributed by atoms with van der Waals surface area (Å²) in [5.74, 6) is 0.213. The minimum atomic E-state index is -0.431. The van der Waals surface area contributed by atoms with Gasteiger partial charge in [-0.3, -0.25) is 0 Å². The van der Waals surface area contributed by atoms with Crippen molar-refractivity contribution < 1.29 is 5.11 Å². The largest absolute Gasteiger partial charge is 0.396 e. The van der Waals surface area contributed by atoms with Crippen molar-refractivity contribution in [3.63, 3.8) is 0 Å². The lowest BCUT2D eigenvalue weighted by Crippen LogP contribution is -2.56. The summed E-state index contributed by atoms with van der Waals surface area (Å²) in [6.45, 7) is 4.89. The molecule has 37 heavy (non-hydrogen) atoms. The highest BCUT2D eigenvalue weighted by atomic mass is 31.0. The van der Waals surface area contributed by atoms with Crippen LogP contribution in [0.3, 0.4) is 0 Å². The monoisotopic (exact) mass is 524 g/mol. The van der Waals surface area contributed by atoms with Gasteiger partial charge in [-0.1, -0.05) is 135 Å². The zero-order valence-corrected chi connectivity index (χ0v) is 24.2. The number of aliphatic hydroxyl groups is 1. The standard InChI is InChI=1S/C34H38OP2/c1-31(25-35)24-23-30(33(36,26-15-7-3-8-16-26)27-17-9-4-10-18-27)32(31,2)34(37,28-19-11-5-12-20-28)29-21-13-6-14-22-29/h3-22,30,35H,23-25,36-37H2,1-2H3/t30-,31-,32+/m0/s1. The van der Waals surface area contributed by atoms with Gasteiger partial charge in [0.15, 0.2) is 0 Å². The van der Waals surface area contributed by atoms with Crippen molar-refractivity contribution in [2.24, 2.45) is 16.7 Å². The number of rotatable bonds is 7. The van der Waals surface area contributed by atoms with Crippen LogP contribution in [-0.4, -0.2) is 11.7 Å². The van der Waals surface area contributed by atoms with E-state index in [4.69, 9.17) is 0 Å². The van der Waals surface area contributed by atoms with Crippen molar-refractivity contribution in [1.82, 2.24) is 0 Å². The molecule has 0 saturated heterocycles. The van der Waals surface area contributed by atoms with Crippen molar-refractivity contribution in [2.45, 2.75) is 37.0 Å². The SMILES string of the molecule is C[C@@]1(CO)CC[C@H](C(P)(c2ccccc2)c2ccccc2)[C@@]1(C)C(P)(c1ccccc1)c1ccccc1. The summed E-state index contributed by atoms with van der Waals surface area (Å²) in [6, 6.07) is 43.6. The Morgan fingerprint density at radius 2 is 1.00 bits per heavy atom. The van der Waals surface area contributed by atoms with Crippen LogP contribution in [-0.2, 0) is 10.3 Å². The number of hydrogen-bond acceptors (Lipinski definition) is 1. The molecule has 0 aliphatic heterocycles. The second kappa shape index (κ2) is 10.1. The van der Waals surface area contributed by atoms with Gasteiger partial charge in [-0.15, -0.1) is 18.5 Å². The molecule has 1 aliphatic carbocycles. The average molecular weight is 525 g/mol. The van der Waals surface area contributed by atoms with Gasteiger partial charge < -0.3 is 5.11 Å². The summed E-state index contributed by atoms with van der Waals surface area (Å²) < 4.78 is 0. The second-order valence-corrected chi connectivity index (χ2v) is 12.9. The third-order valence-electron chi connectivity index (χ3n) is 9.61. The van der Waals surface area contributed by atoms with Crippen LogP contribution in [0.5, 0.6) is 0 Å². The molecule has 0 amide bonds. The van der Waals surface area contributed by atoms with Crippen LogP contribution in [0.1, 0.15) is 48.9 Å². The maximum Gasteiger partial charge on any atom is 0.0490 e. The van der Waals surface area contributed by atoms with Crippen LogP contribution in [0.4, 0.5) is 0 Å². The summed E-state index contributed by atoms with van der Waals surface area (Å²) in [7, 11) is 6.65. The number of benzene rings is 4. The van der Waals surface area contributed by atoms with Crippen LogP contribution in [0, 0.1) is 16.7 Å². The molecular formula is C34H38OP2. The zero-order valence-electron chi connectivity index (χ0n) is 21.8. The summed E-state index contributed by atoms with van der Waals surface area (Å²) >= 11 is 0. The van der Waals surface area contributed by atoms with Crippen molar-refractivity contribution >= 4 is 18.5 Å². The smallest absolute Gasteiger partial charge is 0.0490 e. The van der Waals surface area contributed by atoms with Gasteiger partial charge in [0, 0.05) is 16.9 Å². The summed E-state index contributed by atoms with van der Waals surface area (Å²) in [4.78, 5) is 0. The molecule has 190 valence electrons. The lowest BCUT2D eigenvalue weighted by atomic mass is 9.51. The van der Waals surface area contributed by atoms with Gasteiger partial charge in [-0.05, 0) is 51.8 Å². The second-order valence-electron chi connectivity index (χ2n) is 11.2. The van der Waals surface area contributed by atoms with Crippen molar-refractivity contribution in [2.75, 3.05) is 6.61 Å². The number of aliphatic hydroxyl groups excluding tert-OH is 1. The van der Waals surface area contributed by atoms with E-state index in [-0.39, 0.29) is 28.5 Å². The normalized spacial score (nSPS) is 24.2. The van der Waals surface area contributed by atoms with Crippen molar-refractivity contribution in [1.29, 1.82) is 0 Å². The molecule has 0 radical (unpaired) electrons. The van der Waals surface area contributed by atoms with Gasteiger partial charge in [0.2, 0.25) is 0 Å². The molecule has 5 rings (SSSR count). The van der Waals surface area contributed by atoms with E-state index in [1.165, 1.54) is 22.3 Å². The van der Waals surface area contributed by atoms with E-state index < -0.39 is 5.16 Å². The third kappa shape index (κ3) is 3.94. The predicted molar refractivity (Wildman–Crippen MR) is 163 cm³/mol. The first-order chi connectivity index (χ1) is 17.8. The van der Waals surface area contributed by atoms with E-state index in [1.54, 1.807) is 0 Å². The van der Waals surface area contributed by atoms with E-state index in [2.05, 4.69) is 154 Å². The minimum Gasteiger partial charge on any atom is -0.396 e. The molecule has 1 fully saturated rings. The molecule has 0 spiro atoms. The molecule has 0 aromatic heterocycles. The maximum absolute atomic E-state index is 11.1. The Bertz CT molecular complexity index is 1230. The van der Waals surface area contributed by atoms with Crippen molar-refractivity contribution in [3.8, 4) is 0 Å². The molecule has 1 saturated carbocycles. The van der Waals surface area contributed by atoms with Crippen LogP contribution in [0.25, 0.3) is 0 Å². The summed E-state index contributed by atoms with van der Waals surface area (Å²) in [5.41, 5.74) is 4.45. The lowest BCUT2D eigenvalue weighted by Gasteiger charge is -2.59. The molecule has 2 unspecified atom stereocenters. The van der Waals surface area contributed by atoms with E-state index in [0.717, 1.165) is 12.8 Å². The topological polar surface area (TPSA) is 20.2 Å². The summed E-state index contributed by atoms with van der Waals surface area (Å²) in [5, 5.41) is 10.4. The first kappa shape index (κ1) is 26.3. The highest BCUT2D eigenvalue weighted by Gasteiger charge is 2.67. The number of hydrogen-bond donors (Lipinski definition) is 1. The van der Waals surface area contributed by atoms with E-state index >= 15 is 0 Å². The van der Waals surface area contributed by atoms with Gasteiger partial charge in [0.25, 0.3) is 0 Å². The van der Waals surface area contributed by atoms with Crippen LogP contribution in [0.2, 0.25) is 0 Å². The molecule has 1 nitrogen and oxygen atoms in total. The van der Waals surface area contributed by atoms with Gasteiger partial charge in [0.05, 0.1) is 0 Å². The Hall–Kier alpha value is -2.30. The van der Waals surface area contributed by atoms with Crippen LogP contribution < -0.4 is 0 Å². The maximum atomic E-state index is 11.1. The molecule has 3 heteroatoms. The fraction of sp³-hybridized carbons (Fsp3) is 0.294. The molecule has 5 atom stereocenters. The van der Waals surface area contributed by atoms with Gasteiger partial charge >= 0.3 is 0 Å². The Kier molecular flexibility index (Phi) is 7.19. The predicted octanol–water partition coefficient (Wildman–Crippen LogP) is 8.04. The van der Waals surface area contributed by atoms with Gasteiger partial charge in [-0.2, -0.15) is 0 Å². The van der Waals surface area contributed by atoms with E-state index in [9.17, 15) is 5.11 Å². The average Bonchev–Trinajstić information content (AvgIpc) is 3.26. The van der Waals surface area contributed by atoms with Crippen LogP contribution >= 0.6 is 18.5 Å². The minimum absolute atomic E-state index is 0.139. The molecule has 1 N–H and O–H groups in total. The van der Waals surface area contributed by atoms with Crippen LogP contribution in [0.15, 0.2) is 121 Å². The van der Waals surface area contributed by atoms with Gasteiger partial charge in [0.1, 0.15) is 0 Å². The first-order valence-corrected chi connectivity index (χ1v) is 14.4. The van der Waals surface area contributed by atoms with Gasteiger partial charge in [-0.25, -0.2) is 0 Å². The fourth-order valence-corrected chi connectivity index (χ4v) is 9.09. The Labute approximate surface area is 227 Å². The third-order valence-corrected chi connectivity index (χ3v) is 11.9. The molecular weight excluding hydrogens is 486 g/mol.